The molecule has 17 heavy (non-hydrogen) atoms. The Morgan fingerprint density at radius 1 is 1.35 bits per heavy atom. The van der Waals surface area contributed by atoms with Crippen molar-refractivity contribution in [3.8, 4) is 0 Å². The molecule has 3 nitrogen and oxygen atoms in total. The zero-order valence-corrected chi connectivity index (χ0v) is 12.3. The Labute approximate surface area is 109 Å². The highest BCUT2D eigenvalue weighted by atomic mass is 32.2. The molecule has 2 aliphatic rings. The van der Waals surface area contributed by atoms with E-state index in [1.165, 1.54) is 18.6 Å². The number of ether oxygens (including phenoxy) is 1. The van der Waals surface area contributed by atoms with Gasteiger partial charge in [0.25, 0.3) is 0 Å². The first kappa shape index (κ1) is 13.7. The molecule has 0 aromatic carbocycles. The Morgan fingerprint density at radius 2 is 2.06 bits per heavy atom. The molecule has 0 aliphatic carbocycles. The van der Waals surface area contributed by atoms with Gasteiger partial charge in [0.2, 0.25) is 0 Å². The molecule has 100 valence electrons. The van der Waals surface area contributed by atoms with E-state index in [9.17, 15) is 0 Å². The first-order valence-electron chi connectivity index (χ1n) is 6.64. The topological polar surface area (TPSA) is 47.3 Å². The van der Waals surface area contributed by atoms with Gasteiger partial charge < -0.3 is 4.74 Å². The fraction of sp³-hybridized carbons (Fsp3) is 1.00. The maximum Gasteiger partial charge on any atom is 0.0678 e. The van der Waals surface area contributed by atoms with Gasteiger partial charge in [0, 0.05) is 17.2 Å². The Morgan fingerprint density at radius 3 is 2.47 bits per heavy atom. The van der Waals surface area contributed by atoms with E-state index in [1.807, 2.05) is 0 Å². The molecular weight excluding hydrogens is 232 g/mol. The monoisotopic (exact) mass is 258 g/mol. The highest BCUT2D eigenvalue weighted by molar-refractivity contribution is 8.00. The van der Waals surface area contributed by atoms with Crippen molar-refractivity contribution in [1.29, 1.82) is 0 Å². The third-order valence-electron chi connectivity index (χ3n) is 4.14. The summed E-state index contributed by atoms with van der Waals surface area (Å²) in [4.78, 5) is 0. The predicted molar refractivity (Wildman–Crippen MR) is 73.9 cm³/mol. The Hall–Kier alpha value is 0.230. The van der Waals surface area contributed by atoms with E-state index in [4.69, 9.17) is 10.6 Å². The van der Waals surface area contributed by atoms with Gasteiger partial charge in [0.1, 0.15) is 0 Å². The molecule has 3 unspecified atom stereocenters. The molecule has 0 aromatic heterocycles. The Kier molecular flexibility index (Phi) is 3.79. The van der Waals surface area contributed by atoms with E-state index >= 15 is 0 Å². The lowest BCUT2D eigenvalue weighted by atomic mass is 9.80. The summed E-state index contributed by atoms with van der Waals surface area (Å²) in [5, 5.41) is 0.654. The van der Waals surface area contributed by atoms with E-state index in [-0.39, 0.29) is 11.2 Å². The molecule has 2 fully saturated rings. The van der Waals surface area contributed by atoms with Crippen LogP contribution in [0.5, 0.6) is 0 Å². The van der Waals surface area contributed by atoms with Crippen molar-refractivity contribution in [3.05, 3.63) is 0 Å². The van der Waals surface area contributed by atoms with E-state index in [1.54, 1.807) is 0 Å². The number of hydrogen-bond acceptors (Lipinski definition) is 4. The average molecular weight is 258 g/mol. The van der Waals surface area contributed by atoms with Crippen molar-refractivity contribution >= 4 is 11.8 Å². The normalized spacial score (nSPS) is 37.2. The summed E-state index contributed by atoms with van der Waals surface area (Å²) in [6, 6.07) is 0.374. The number of nitrogens with one attached hydrogen (secondary N) is 1. The smallest absolute Gasteiger partial charge is 0.0678 e. The zero-order chi connectivity index (χ0) is 12.7. The number of thioether (sulfide) groups is 1. The second-order valence-corrected chi connectivity index (χ2v) is 7.87. The molecule has 4 heteroatoms. The molecule has 0 spiro atoms. The van der Waals surface area contributed by atoms with Gasteiger partial charge in [-0.3, -0.25) is 11.3 Å². The van der Waals surface area contributed by atoms with Crippen LogP contribution < -0.4 is 11.3 Å². The van der Waals surface area contributed by atoms with Gasteiger partial charge in [-0.05, 0) is 52.7 Å². The molecule has 0 aromatic rings. The summed E-state index contributed by atoms with van der Waals surface area (Å²) < 4.78 is 6.19. The maximum atomic E-state index is 6.19. The summed E-state index contributed by atoms with van der Waals surface area (Å²) >= 11 is 2.06. The standard InChI is InChI=1S/C13H26N2OS/c1-12(2)8-9(13(3,4)16-12)11(15-14)10-6-5-7-17-10/h9-11,15H,5-8,14H2,1-4H3. The molecule has 0 radical (unpaired) electrons. The van der Waals surface area contributed by atoms with Crippen LogP contribution in [0.3, 0.4) is 0 Å². The van der Waals surface area contributed by atoms with Crippen LogP contribution in [0.1, 0.15) is 47.0 Å². The molecule has 0 amide bonds. The van der Waals surface area contributed by atoms with Crippen molar-refractivity contribution in [1.82, 2.24) is 5.43 Å². The molecule has 2 heterocycles. The van der Waals surface area contributed by atoms with Crippen molar-refractivity contribution in [2.75, 3.05) is 5.75 Å². The summed E-state index contributed by atoms with van der Waals surface area (Å²) in [7, 11) is 0. The number of nitrogens with two attached hydrogens (primary N) is 1. The molecule has 2 rings (SSSR count). The number of rotatable bonds is 3. The van der Waals surface area contributed by atoms with E-state index in [0.29, 0.717) is 17.2 Å². The number of hydrazine groups is 1. The fourth-order valence-corrected chi connectivity index (χ4v) is 4.98. The molecule has 3 N–H and O–H groups in total. The van der Waals surface area contributed by atoms with E-state index < -0.39 is 0 Å². The minimum Gasteiger partial charge on any atom is -0.369 e. The second-order valence-electron chi connectivity index (χ2n) is 6.52. The van der Waals surface area contributed by atoms with Crippen molar-refractivity contribution in [3.63, 3.8) is 0 Å². The van der Waals surface area contributed by atoms with Gasteiger partial charge >= 0.3 is 0 Å². The Bertz CT molecular complexity index is 275. The van der Waals surface area contributed by atoms with E-state index in [2.05, 4.69) is 44.9 Å². The van der Waals surface area contributed by atoms with Gasteiger partial charge in [0.05, 0.1) is 11.2 Å². The van der Waals surface area contributed by atoms with Gasteiger partial charge in [-0.25, -0.2) is 0 Å². The first-order chi connectivity index (χ1) is 7.86. The minimum atomic E-state index is -0.0797. The van der Waals surface area contributed by atoms with Crippen LogP contribution in [0, 0.1) is 5.92 Å². The quantitative estimate of drug-likeness (QED) is 0.602. The van der Waals surface area contributed by atoms with Gasteiger partial charge in [-0.15, -0.1) is 0 Å². The highest BCUT2D eigenvalue weighted by Crippen LogP contribution is 2.46. The third-order valence-corrected chi connectivity index (χ3v) is 5.62. The molecule has 0 saturated carbocycles. The molecule has 2 saturated heterocycles. The molecular formula is C13H26N2OS. The third kappa shape index (κ3) is 2.80. The van der Waals surface area contributed by atoms with Crippen molar-refractivity contribution < 1.29 is 4.74 Å². The van der Waals surface area contributed by atoms with Gasteiger partial charge in [0.15, 0.2) is 0 Å². The maximum absolute atomic E-state index is 6.19. The summed E-state index contributed by atoms with van der Waals surface area (Å²) in [6.07, 6.45) is 3.70. The summed E-state index contributed by atoms with van der Waals surface area (Å²) in [6.45, 7) is 8.78. The largest absolute Gasteiger partial charge is 0.369 e. The SMILES string of the molecule is CC1(C)CC(C(NN)C2CCCS2)C(C)(C)O1. The lowest BCUT2D eigenvalue weighted by Gasteiger charge is -2.35. The fourth-order valence-electron chi connectivity index (χ4n) is 3.53. The van der Waals surface area contributed by atoms with Crippen molar-refractivity contribution in [2.24, 2.45) is 11.8 Å². The second kappa shape index (κ2) is 4.72. The van der Waals surface area contributed by atoms with Crippen LogP contribution in [-0.4, -0.2) is 28.2 Å². The van der Waals surface area contributed by atoms with Gasteiger partial charge in [-0.1, -0.05) is 0 Å². The molecule has 2 aliphatic heterocycles. The minimum absolute atomic E-state index is 0.0213. The predicted octanol–water partition coefficient (Wildman–Crippen LogP) is 2.31. The molecule has 3 atom stereocenters. The zero-order valence-electron chi connectivity index (χ0n) is 11.5. The van der Waals surface area contributed by atoms with Crippen molar-refractivity contribution in [2.45, 2.75) is 69.5 Å². The lowest BCUT2D eigenvalue weighted by Crippen LogP contribution is -2.52. The number of hydrogen-bond donors (Lipinski definition) is 2. The van der Waals surface area contributed by atoms with Crippen LogP contribution in [0.15, 0.2) is 0 Å². The molecule has 0 bridgehead atoms. The average Bonchev–Trinajstić information content (AvgIpc) is 2.74. The van der Waals surface area contributed by atoms with E-state index in [0.717, 1.165) is 6.42 Å². The van der Waals surface area contributed by atoms with Crippen LogP contribution in [-0.2, 0) is 4.74 Å². The van der Waals surface area contributed by atoms with Crippen LogP contribution in [0.4, 0.5) is 0 Å². The van der Waals surface area contributed by atoms with Gasteiger partial charge in [-0.2, -0.15) is 11.8 Å². The van der Waals surface area contributed by atoms with Crippen LogP contribution in [0.25, 0.3) is 0 Å². The van der Waals surface area contributed by atoms with Crippen LogP contribution in [0.2, 0.25) is 0 Å². The Balaban J connectivity index is 2.13. The van der Waals surface area contributed by atoms with Crippen LogP contribution >= 0.6 is 11.8 Å². The first-order valence-corrected chi connectivity index (χ1v) is 7.68. The highest BCUT2D eigenvalue weighted by Gasteiger charge is 2.50. The lowest BCUT2D eigenvalue weighted by molar-refractivity contribution is -0.0777. The summed E-state index contributed by atoms with van der Waals surface area (Å²) in [5.74, 6) is 7.60. The summed E-state index contributed by atoms with van der Waals surface area (Å²) in [5.41, 5.74) is 2.98.